The van der Waals surface area contributed by atoms with Crippen LogP contribution >= 0.6 is 23.4 Å². The van der Waals surface area contributed by atoms with Crippen molar-refractivity contribution in [3.8, 4) is 0 Å². The van der Waals surface area contributed by atoms with Gasteiger partial charge in [0.05, 0.1) is 38.1 Å². The van der Waals surface area contributed by atoms with Crippen LogP contribution in [0.4, 0.5) is 4.79 Å². The summed E-state index contributed by atoms with van der Waals surface area (Å²) in [6.45, 7) is 2.87. The lowest BCUT2D eigenvalue weighted by molar-refractivity contribution is -0.883. The third-order valence-electron chi connectivity index (χ3n) is 4.30. The molecule has 1 N–H and O–H groups in total. The van der Waals surface area contributed by atoms with Gasteiger partial charge in [-0.3, -0.25) is 19.3 Å². The van der Waals surface area contributed by atoms with Crippen LogP contribution < -0.4 is 4.90 Å². The molecular weight excluding hydrogens is 362 g/mol. The van der Waals surface area contributed by atoms with Crippen LogP contribution in [0.15, 0.2) is 29.2 Å². The number of nitrogens with zero attached hydrogens (tertiary/aromatic N) is 2. The van der Waals surface area contributed by atoms with Crippen LogP contribution in [-0.2, 0) is 9.59 Å². The zero-order chi connectivity index (χ0) is 18.0. The molecule has 2 fully saturated rings. The number of benzene rings is 1. The van der Waals surface area contributed by atoms with E-state index in [2.05, 4.69) is 7.05 Å². The molecule has 3 rings (SSSR count). The van der Waals surface area contributed by atoms with Crippen LogP contribution in [0.25, 0.3) is 6.08 Å². The summed E-state index contributed by atoms with van der Waals surface area (Å²) in [5.74, 6) is -0.597. The fraction of sp³-hybridized carbons (Fsp3) is 0.353. The standard InChI is InChI=1S/C17H18ClN3O3S/c1-19-6-8-20(9-7-19)15(22)11-21-16(23)14(25-17(21)24)10-12-2-4-13(18)5-3-12/h2-5,10H,6-9,11H2,1H3/p+1/b14-10-. The van der Waals surface area contributed by atoms with E-state index >= 15 is 0 Å². The maximum atomic E-state index is 12.5. The van der Waals surface area contributed by atoms with E-state index in [0.29, 0.717) is 23.0 Å². The van der Waals surface area contributed by atoms with E-state index in [0.717, 1.165) is 35.3 Å². The van der Waals surface area contributed by atoms with Gasteiger partial charge in [-0.1, -0.05) is 23.7 Å². The molecule has 0 atom stereocenters. The summed E-state index contributed by atoms with van der Waals surface area (Å²) in [5, 5.41) is 0.197. The van der Waals surface area contributed by atoms with E-state index in [4.69, 9.17) is 11.6 Å². The van der Waals surface area contributed by atoms with Gasteiger partial charge in [-0.15, -0.1) is 0 Å². The van der Waals surface area contributed by atoms with Crippen LogP contribution in [0.1, 0.15) is 5.56 Å². The Bertz CT molecular complexity index is 727. The number of rotatable bonds is 3. The maximum absolute atomic E-state index is 12.5. The third-order valence-corrected chi connectivity index (χ3v) is 5.46. The fourth-order valence-electron chi connectivity index (χ4n) is 2.72. The van der Waals surface area contributed by atoms with Crippen molar-refractivity contribution < 1.29 is 19.3 Å². The van der Waals surface area contributed by atoms with Gasteiger partial charge in [0, 0.05) is 5.02 Å². The van der Waals surface area contributed by atoms with Crippen molar-refractivity contribution in [1.82, 2.24) is 9.80 Å². The second kappa shape index (κ2) is 7.59. The minimum atomic E-state index is -0.418. The van der Waals surface area contributed by atoms with Crippen molar-refractivity contribution in [1.29, 1.82) is 0 Å². The molecule has 0 unspecified atom stereocenters. The molecule has 8 heteroatoms. The van der Waals surface area contributed by atoms with Crippen molar-refractivity contribution in [2.75, 3.05) is 39.8 Å². The Labute approximate surface area is 155 Å². The minimum absolute atomic E-state index is 0.178. The number of amides is 3. The number of likely N-dealkylation sites (N-methyl/N-ethyl adjacent to an activating group) is 1. The van der Waals surface area contributed by atoms with E-state index in [1.807, 2.05) is 0 Å². The minimum Gasteiger partial charge on any atom is -0.334 e. The van der Waals surface area contributed by atoms with Gasteiger partial charge in [0.25, 0.3) is 11.1 Å². The number of hydrogen-bond donors (Lipinski definition) is 1. The molecule has 132 valence electrons. The average molecular weight is 381 g/mol. The monoisotopic (exact) mass is 380 g/mol. The number of hydrogen-bond acceptors (Lipinski definition) is 4. The maximum Gasteiger partial charge on any atom is 0.294 e. The Hall–Kier alpha value is -1.83. The van der Waals surface area contributed by atoms with Gasteiger partial charge in [-0.05, 0) is 35.5 Å². The molecule has 2 heterocycles. The Kier molecular flexibility index (Phi) is 5.46. The van der Waals surface area contributed by atoms with Crippen LogP contribution in [0, 0.1) is 0 Å². The number of piperazine rings is 1. The Morgan fingerprint density at radius 3 is 2.52 bits per heavy atom. The molecule has 0 aliphatic carbocycles. The molecule has 6 nitrogen and oxygen atoms in total. The van der Waals surface area contributed by atoms with Crippen molar-refractivity contribution >= 4 is 46.5 Å². The first-order valence-electron chi connectivity index (χ1n) is 8.04. The number of halogens is 1. The summed E-state index contributed by atoms with van der Waals surface area (Å²) < 4.78 is 0. The molecule has 2 saturated heterocycles. The van der Waals surface area contributed by atoms with Crippen LogP contribution in [0.2, 0.25) is 5.02 Å². The highest BCUT2D eigenvalue weighted by molar-refractivity contribution is 8.18. The van der Waals surface area contributed by atoms with Crippen molar-refractivity contribution in [3.63, 3.8) is 0 Å². The topological polar surface area (TPSA) is 62.1 Å². The van der Waals surface area contributed by atoms with Crippen molar-refractivity contribution in [2.24, 2.45) is 0 Å². The second-order valence-electron chi connectivity index (χ2n) is 6.16. The van der Waals surface area contributed by atoms with Crippen LogP contribution in [-0.4, -0.2) is 66.6 Å². The lowest BCUT2D eigenvalue weighted by Crippen LogP contribution is -3.12. The number of quaternary nitrogens is 1. The molecule has 0 radical (unpaired) electrons. The number of imide groups is 1. The first-order chi connectivity index (χ1) is 11.9. The summed E-state index contributed by atoms with van der Waals surface area (Å²) in [5.41, 5.74) is 0.781. The molecule has 25 heavy (non-hydrogen) atoms. The lowest BCUT2D eigenvalue weighted by atomic mass is 10.2. The summed E-state index contributed by atoms with van der Waals surface area (Å²) in [4.78, 5) is 41.4. The van der Waals surface area contributed by atoms with E-state index in [-0.39, 0.29) is 12.5 Å². The van der Waals surface area contributed by atoms with Gasteiger partial charge in [-0.2, -0.15) is 0 Å². The molecule has 3 amide bonds. The van der Waals surface area contributed by atoms with E-state index in [9.17, 15) is 14.4 Å². The number of carbonyl (C=O) groups is 3. The number of carbonyl (C=O) groups excluding carboxylic acids is 3. The molecule has 0 saturated carbocycles. The summed E-state index contributed by atoms with van der Waals surface area (Å²) in [6, 6.07) is 6.98. The number of nitrogens with one attached hydrogen (secondary N) is 1. The summed E-state index contributed by atoms with van der Waals surface area (Å²) in [7, 11) is 2.08. The predicted octanol–water partition coefficient (Wildman–Crippen LogP) is 0.733. The molecule has 1 aromatic rings. The first-order valence-corrected chi connectivity index (χ1v) is 9.23. The predicted molar refractivity (Wildman–Crippen MR) is 97.3 cm³/mol. The molecule has 1 aromatic carbocycles. The van der Waals surface area contributed by atoms with Crippen LogP contribution in [0.5, 0.6) is 0 Å². The summed E-state index contributed by atoms with van der Waals surface area (Å²) in [6.07, 6.45) is 1.64. The zero-order valence-electron chi connectivity index (χ0n) is 13.8. The largest absolute Gasteiger partial charge is 0.334 e. The van der Waals surface area contributed by atoms with Gasteiger partial charge in [-0.25, -0.2) is 0 Å². The molecule has 0 aromatic heterocycles. The van der Waals surface area contributed by atoms with Gasteiger partial charge in [0.15, 0.2) is 0 Å². The smallest absolute Gasteiger partial charge is 0.294 e. The molecule has 2 aliphatic rings. The quantitative estimate of drug-likeness (QED) is 0.785. The van der Waals surface area contributed by atoms with E-state index < -0.39 is 11.1 Å². The molecule has 0 spiro atoms. The van der Waals surface area contributed by atoms with Crippen molar-refractivity contribution in [2.45, 2.75) is 0 Å². The highest BCUT2D eigenvalue weighted by Gasteiger charge is 2.37. The highest BCUT2D eigenvalue weighted by Crippen LogP contribution is 2.32. The average Bonchev–Trinajstić information content (AvgIpc) is 2.85. The molecule has 2 aliphatic heterocycles. The SMILES string of the molecule is C[NH+]1CCN(C(=O)CN2C(=O)S/C(=C\c3ccc(Cl)cc3)C2=O)CC1. The lowest BCUT2D eigenvalue weighted by Gasteiger charge is -2.30. The fourth-order valence-corrected chi connectivity index (χ4v) is 3.68. The van der Waals surface area contributed by atoms with Gasteiger partial charge in [0.2, 0.25) is 5.91 Å². The Balaban J connectivity index is 1.67. The normalized spacial score (nSPS) is 20.6. The van der Waals surface area contributed by atoms with Gasteiger partial charge < -0.3 is 9.80 Å². The number of thioether (sulfide) groups is 1. The first kappa shape index (κ1) is 18.0. The van der Waals surface area contributed by atoms with E-state index in [1.54, 1.807) is 35.2 Å². The van der Waals surface area contributed by atoms with Crippen LogP contribution in [0.3, 0.4) is 0 Å². The second-order valence-corrected chi connectivity index (χ2v) is 7.59. The zero-order valence-corrected chi connectivity index (χ0v) is 15.4. The Morgan fingerprint density at radius 1 is 1.24 bits per heavy atom. The summed E-state index contributed by atoms with van der Waals surface area (Å²) >= 11 is 6.71. The van der Waals surface area contributed by atoms with Gasteiger partial charge in [0.1, 0.15) is 6.54 Å². The van der Waals surface area contributed by atoms with E-state index in [1.165, 1.54) is 4.90 Å². The Morgan fingerprint density at radius 2 is 1.88 bits per heavy atom. The molecular formula is C17H19ClN3O3S+. The van der Waals surface area contributed by atoms with Gasteiger partial charge >= 0.3 is 0 Å². The highest BCUT2D eigenvalue weighted by atomic mass is 35.5. The van der Waals surface area contributed by atoms with Crippen molar-refractivity contribution in [3.05, 3.63) is 39.8 Å². The molecule has 0 bridgehead atoms. The third kappa shape index (κ3) is 4.23.